The van der Waals surface area contributed by atoms with Gasteiger partial charge in [-0.3, -0.25) is 0 Å². The Balaban J connectivity index is 1.52. The topological polar surface area (TPSA) is 0 Å². The second kappa shape index (κ2) is 17.6. The first-order valence-electron chi connectivity index (χ1n) is 24.4. The van der Waals surface area contributed by atoms with E-state index in [-0.39, 0.29) is 21.7 Å². The molecular formula is C66H70S2. The van der Waals surface area contributed by atoms with Crippen LogP contribution in [-0.2, 0) is 21.7 Å². The van der Waals surface area contributed by atoms with Crippen LogP contribution < -0.4 is 0 Å². The van der Waals surface area contributed by atoms with Gasteiger partial charge >= 0.3 is 0 Å². The molecule has 0 fully saturated rings. The highest BCUT2D eigenvalue weighted by atomic mass is 32.3. The average Bonchev–Trinajstić information content (AvgIpc) is 3.32. The Hall–Kier alpha value is -5.80. The van der Waals surface area contributed by atoms with Gasteiger partial charge in [0.05, 0.1) is 0 Å². The molecule has 9 aromatic rings. The lowest BCUT2D eigenvalue weighted by atomic mass is 9.87. The van der Waals surface area contributed by atoms with E-state index in [2.05, 4.69) is 289 Å². The summed E-state index contributed by atoms with van der Waals surface area (Å²) in [7, 11) is -4.36. The standard InChI is InChI=1S/C66H70S2/c1-63(2,3)47-31-39-53(40-32-47)67(51-23-15-13-16-24-51,54-41-33-48(34-42-54)64(4,5)6)61-57-27-19-21-29-59(57)62(60-30-22-20-28-58(60)61)68(52-25-17-14-18-26-52,55-43-35-49(36-44-55)65(7,8)9)56-45-37-50(38-46-56)66(10,11)12/h13-46H,1-12H3. The molecule has 0 nitrogen and oxygen atoms in total. The Morgan fingerprint density at radius 2 is 0.382 bits per heavy atom. The first-order valence-corrected chi connectivity index (χ1v) is 27.7. The Kier molecular flexibility index (Phi) is 12.2. The summed E-state index contributed by atoms with van der Waals surface area (Å²) in [4.78, 5) is 10.8. The normalized spacial score (nSPS) is 13.5. The summed E-state index contributed by atoms with van der Waals surface area (Å²) in [6.07, 6.45) is 0. The van der Waals surface area contributed by atoms with E-state index < -0.39 is 20.1 Å². The fourth-order valence-electron chi connectivity index (χ4n) is 10.1. The number of benzene rings is 9. The molecule has 0 N–H and O–H groups in total. The van der Waals surface area contributed by atoms with E-state index in [4.69, 9.17) is 0 Å². The SMILES string of the molecule is CC(C)(C)c1ccc(S(c2ccccc2)(c2ccc(C(C)(C)C)cc2)c2c3ccccc3c(S(c3ccccc3)(c3ccc(C(C)(C)C)cc3)c3ccc(C(C)(C)C)cc3)c3ccccc23)cc1. The van der Waals surface area contributed by atoms with Crippen LogP contribution in [0.2, 0.25) is 0 Å². The van der Waals surface area contributed by atoms with E-state index in [1.165, 1.54) is 83.0 Å². The largest absolute Gasteiger partial charge is 0.132 e. The fourth-order valence-corrected chi connectivity index (χ4v) is 18.5. The molecule has 0 saturated carbocycles. The third-order valence-electron chi connectivity index (χ3n) is 13.9. The molecule has 68 heavy (non-hydrogen) atoms. The van der Waals surface area contributed by atoms with E-state index in [0.717, 1.165) is 0 Å². The molecule has 0 amide bonds. The highest BCUT2D eigenvalue weighted by Crippen LogP contribution is 2.80. The lowest BCUT2D eigenvalue weighted by Crippen LogP contribution is -2.14. The van der Waals surface area contributed by atoms with Crippen molar-refractivity contribution in [2.45, 2.75) is 144 Å². The lowest BCUT2D eigenvalue weighted by Gasteiger charge is -2.47. The van der Waals surface area contributed by atoms with Crippen molar-refractivity contribution in [1.29, 1.82) is 0 Å². The molecule has 0 aliphatic carbocycles. The van der Waals surface area contributed by atoms with Crippen molar-refractivity contribution in [3.8, 4) is 0 Å². The predicted molar refractivity (Wildman–Crippen MR) is 296 cm³/mol. The van der Waals surface area contributed by atoms with Crippen LogP contribution in [-0.4, -0.2) is 0 Å². The molecule has 0 unspecified atom stereocenters. The Labute approximate surface area is 411 Å². The number of fused-ring (bicyclic) bond motifs is 2. The molecule has 0 aliphatic heterocycles. The Morgan fingerprint density at radius 3 is 0.574 bits per heavy atom. The molecule has 0 heterocycles. The quantitative estimate of drug-likeness (QED) is 0.133. The summed E-state index contributed by atoms with van der Waals surface area (Å²) in [5.74, 6) is 0. The molecule has 346 valence electrons. The molecule has 9 rings (SSSR count). The minimum absolute atomic E-state index is 0.0123. The third kappa shape index (κ3) is 8.22. The average molecular weight is 927 g/mol. The maximum Gasteiger partial charge on any atom is 0.0181 e. The van der Waals surface area contributed by atoms with Gasteiger partial charge in [0.1, 0.15) is 0 Å². The number of hydrogen-bond donors (Lipinski definition) is 0. The first kappa shape index (κ1) is 47.3. The Morgan fingerprint density at radius 1 is 0.206 bits per heavy atom. The van der Waals surface area contributed by atoms with Crippen molar-refractivity contribution >= 4 is 41.6 Å². The van der Waals surface area contributed by atoms with Gasteiger partial charge in [-0.2, -0.15) is 0 Å². The van der Waals surface area contributed by atoms with Gasteiger partial charge in [-0.15, -0.1) is 20.1 Å². The van der Waals surface area contributed by atoms with E-state index in [0.29, 0.717) is 0 Å². The highest BCUT2D eigenvalue weighted by Gasteiger charge is 2.42. The molecule has 0 saturated heterocycles. The zero-order chi connectivity index (χ0) is 48.3. The first-order chi connectivity index (χ1) is 32.3. The summed E-state index contributed by atoms with van der Waals surface area (Å²) in [6.45, 7) is 27.8. The van der Waals surface area contributed by atoms with Gasteiger partial charge in [0, 0.05) is 39.2 Å². The molecule has 0 aliphatic rings. The van der Waals surface area contributed by atoms with Crippen molar-refractivity contribution in [2.75, 3.05) is 0 Å². The summed E-state index contributed by atoms with van der Waals surface area (Å²) < 4.78 is 0. The number of rotatable bonds is 8. The summed E-state index contributed by atoms with van der Waals surface area (Å²) in [5.41, 5.74) is 5.39. The van der Waals surface area contributed by atoms with Gasteiger partial charge in [0.15, 0.2) is 0 Å². The van der Waals surface area contributed by atoms with Crippen LogP contribution in [0.3, 0.4) is 0 Å². The van der Waals surface area contributed by atoms with Crippen LogP contribution >= 0.6 is 20.1 Å². The predicted octanol–water partition coefficient (Wildman–Crippen LogP) is 19.9. The van der Waals surface area contributed by atoms with Crippen LogP contribution in [0.5, 0.6) is 0 Å². The zero-order valence-corrected chi connectivity index (χ0v) is 44.1. The minimum atomic E-state index is -2.18. The van der Waals surface area contributed by atoms with Crippen LogP contribution in [0, 0.1) is 0 Å². The maximum absolute atomic E-state index is 2.46. The van der Waals surface area contributed by atoms with Crippen LogP contribution in [0.1, 0.15) is 105 Å². The smallest absolute Gasteiger partial charge is 0.0181 e. The third-order valence-corrected chi connectivity index (χ3v) is 21.9. The lowest BCUT2D eigenvalue weighted by molar-refractivity contribution is 0.589. The molecule has 0 aromatic heterocycles. The monoisotopic (exact) mass is 926 g/mol. The molecule has 0 radical (unpaired) electrons. The molecule has 2 heteroatoms. The van der Waals surface area contributed by atoms with Crippen molar-refractivity contribution < 1.29 is 0 Å². The van der Waals surface area contributed by atoms with Gasteiger partial charge in [0.25, 0.3) is 0 Å². The van der Waals surface area contributed by atoms with Crippen molar-refractivity contribution in [2.24, 2.45) is 0 Å². The maximum atomic E-state index is 2.46. The Bertz CT molecular complexity index is 2800. The van der Waals surface area contributed by atoms with E-state index in [9.17, 15) is 0 Å². The van der Waals surface area contributed by atoms with Crippen molar-refractivity contribution in [3.63, 3.8) is 0 Å². The van der Waals surface area contributed by atoms with Gasteiger partial charge in [-0.1, -0.05) is 217 Å². The fraction of sp³-hybridized carbons (Fsp3) is 0.242. The van der Waals surface area contributed by atoms with Crippen LogP contribution in [0.25, 0.3) is 21.5 Å². The molecule has 0 atom stereocenters. The number of hydrogen-bond acceptors (Lipinski definition) is 0. The van der Waals surface area contributed by atoms with Gasteiger partial charge in [-0.05, 0) is 138 Å². The highest BCUT2D eigenvalue weighted by molar-refractivity contribution is 8.34. The second-order valence-electron chi connectivity index (χ2n) is 22.7. The van der Waals surface area contributed by atoms with Gasteiger partial charge in [-0.25, -0.2) is 0 Å². The van der Waals surface area contributed by atoms with E-state index in [1.807, 2.05) is 0 Å². The molecular weight excluding hydrogens is 857 g/mol. The van der Waals surface area contributed by atoms with Crippen LogP contribution in [0.15, 0.2) is 245 Å². The molecule has 0 spiro atoms. The van der Waals surface area contributed by atoms with E-state index in [1.54, 1.807) is 0 Å². The van der Waals surface area contributed by atoms with Crippen LogP contribution in [0.4, 0.5) is 0 Å². The van der Waals surface area contributed by atoms with Gasteiger partial charge < -0.3 is 0 Å². The van der Waals surface area contributed by atoms with Gasteiger partial charge in [0.2, 0.25) is 0 Å². The summed E-state index contributed by atoms with van der Waals surface area (Å²) in [6, 6.07) is 80.7. The van der Waals surface area contributed by atoms with Crippen molar-refractivity contribution in [1.82, 2.24) is 0 Å². The minimum Gasteiger partial charge on any atom is -0.132 e. The molecule has 9 aromatic carbocycles. The summed E-state index contributed by atoms with van der Waals surface area (Å²) >= 11 is 0. The zero-order valence-electron chi connectivity index (χ0n) is 42.4. The van der Waals surface area contributed by atoms with Crippen molar-refractivity contribution in [3.05, 3.63) is 229 Å². The second-order valence-corrected chi connectivity index (χ2v) is 28.8. The van der Waals surface area contributed by atoms with E-state index >= 15 is 0 Å². The molecule has 0 bridgehead atoms. The summed E-state index contributed by atoms with van der Waals surface area (Å²) in [5, 5.41) is 5.19.